The van der Waals surface area contributed by atoms with Crippen molar-refractivity contribution in [2.24, 2.45) is 0 Å². The molecule has 41 heavy (non-hydrogen) atoms. The van der Waals surface area contributed by atoms with E-state index >= 15 is 0 Å². The summed E-state index contributed by atoms with van der Waals surface area (Å²) >= 11 is 12.6. The zero-order valence-electron chi connectivity index (χ0n) is 21.4. The van der Waals surface area contributed by atoms with E-state index in [1.807, 2.05) is 10.9 Å². The molecule has 0 bridgehead atoms. The maximum Gasteiger partial charge on any atom is 0.141 e. The van der Waals surface area contributed by atoms with Crippen molar-refractivity contribution < 1.29 is 8.78 Å². The predicted octanol–water partition coefficient (Wildman–Crippen LogP) is 6.76. The van der Waals surface area contributed by atoms with Gasteiger partial charge in [0, 0.05) is 28.8 Å². The number of hydrogen-bond acceptors (Lipinski definition) is 7. The highest BCUT2D eigenvalue weighted by Gasteiger charge is 2.24. The molecule has 8 nitrogen and oxygen atoms in total. The minimum atomic E-state index is -0.556. The van der Waals surface area contributed by atoms with Gasteiger partial charge in [0.2, 0.25) is 0 Å². The topological polar surface area (TPSA) is 103 Å². The van der Waals surface area contributed by atoms with E-state index in [4.69, 9.17) is 23.2 Å². The number of benzene rings is 3. The second kappa shape index (κ2) is 11.3. The SMILES string of the molecule is N#Cc1cnc2c(NC(c3ccc(F)cc3)c3cn([C@H]4CCNC4)nn3)cc(Cl)cc2c1Nc1ccc(F)c(Cl)c1. The van der Waals surface area contributed by atoms with Crippen molar-refractivity contribution in [2.45, 2.75) is 18.5 Å². The number of fused-ring (bicyclic) bond motifs is 1. The van der Waals surface area contributed by atoms with E-state index in [1.54, 1.807) is 24.3 Å². The van der Waals surface area contributed by atoms with Crippen molar-refractivity contribution in [1.82, 2.24) is 25.3 Å². The van der Waals surface area contributed by atoms with Crippen LogP contribution in [0.3, 0.4) is 0 Å². The molecule has 5 aromatic rings. The molecule has 3 aromatic carbocycles. The molecule has 2 atom stereocenters. The molecule has 0 saturated carbocycles. The zero-order valence-corrected chi connectivity index (χ0v) is 22.9. The molecule has 3 N–H and O–H groups in total. The number of aromatic nitrogens is 4. The van der Waals surface area contributed by atoms with Crippen LogP contribution in [0.15, 0.2) is 67.0 Å². The van der Waals surface area contributed by atoms with E-state index in [1.165, 1.54) is 36.5 Å². The van der Waals surface area contributed by atoms with Gasteiger partial charge >= 0.3 is 0 Å². The Bertz CT molecular complexity index is 1780. The first-order valence-corrected chi connectivity index (χ1v) is 13.5. The molecular weight excluding hydrogens is 569 g/mol. The summed E-state index contributed by atoms with van der Waals surface area (Å²) in [7, 11) is 0. The minimum absolute atomic E-state index is 0.0594. The number of rotatable bonds is 7. The monoisotopic (exact) mass is 590 g/mol. The van der Waals surface area contributed by atoms with Crippen molar-refractivity contribution in [2.75, 3.05) is 23.7 Å². The highest BCUT2D eigenvalue weighted by atomic mass is 35.5. The first-order valence-electron chi connectivity index (χ1n) is 12.8. The van der Waals surface area contributed by atoms with Crippen LogP contribution in [0.25, 0.3) is 10.9 Å². The van der Waals surface area contributed by atoms with Crippen LogP contribution in [0.2, 0.25) is 10.0 Å². The minimum Gasteiger partial charge on any atom is -0.371 e. The largest absolute Gasteiger partial charge is 0.371 e. The molecule has 0 radical (unpaired) electrons. The molecule has 1 fully saturated rings. The fourth-order valence-electron chi connectivity index (χ4n) is 4.92. The third kappa shape index (κ3) is 5.52. The van der Waals surface area contributed by atoms with Gasteiger partial charge in [0.1, 0.15) is 23.4 Å². The van der Waals surface area contributed by atoms with Gasteiger partial charge in [-0.25, -0.2) is 13.5 Å². The van der Waals surface area contributed by atoms with Crippen LogP contribution in [0.1, 0.15) is 35.3 Å². The lowest BCUT2D eigenvalue weighted by atomic mass is 10.0. The second-order valence-corrected chi connectivity index (χ2v) is 10.5. The Hall–Kier alpha value is -4.30. The van der Waals surface area contributed by atoms with Gasteiger partial charge < -0.3 is 16.0 Å². The summed E-state index contributed by atoms with van der Waals surface area (Å²) in [5.41, 5.74) is 3.64. The molecule has 0 spiro atoms. The van der Waals surface area contributed by atoms with Crippen LogP contribution >= 0.6 is 23.2 Å². The lowest BCUT2D eigenvalue weighted by Crippen LogP contribution is -2.15. The van der Waals surface area contributed by atoms with Crippen molar-refractivity contribution in [3.8, 4) is 6.07 Å². The maximum absolute atomic E-state index is 13.8. The molecule has 12 heteroatoms. The van der Waals surface area contributed by atoms with E-state index in [0.29, 0.717) is 38.7 Å². The van der Waals surface area contributed by atoms with Crippen LogP contribution in [-0.4, -0.2) is 33.1 Å². The number of hydrogen-bond donors (Lipinski definition) is 3. The van der Waals surface area contributed by atoms with Gasteiger partial charge in [-0.05, 0) is 61.0 Å². The fourth-order valence-corrected chi connectivity index (χ4v) is 5.32. The first-order chi connectivity index (χ1) is 19.9. The van der Waals surface area contributed by atoms with Gasteiger partial charge in [0.05, 0.1) is 45.8 Å². The standard InChI is InChI=1S/C29H22Cl2F2N8/c30-18-9-22-27(37-20-5-6-24(33)23(31)11-20)17(12-34)13-36-29(22)25(10-18)38-28(16-1-3-19(32)4-2-16)26-15-41(40-39-26)21-7-8-35-14-21/h1-6,9-11,13,15,21,28,35,38H,7-8,14H2,(H,36,37)/t21-,28?/m0/s1. The molecule has 3 heterocycles. The molecule has 1 aliphatic rings. The highest BCUT2D eigenvalue weighted by molar-refractivity contribution is 6.32. The van der Waals surface area contributed by atoms with Gasteiger partial charge in [-0.15, -0.1) is 5.10 Å². The van der Waals surface area contributed by atoms with E-state index in [2.05, 4.69) is 37.3 Å². The summed E-state index contributed by atoms with van der Waals surface area (Å²) in [6.07, 6.45) is 4.28. The molecule has 0 aliphatic carbocycles. The summed E-state index contributed by atoms with van der Waals surface area (Å²) in [4.78, 5) is 4.57. The number of halogens is 4. The molecule has 2 aromatic heterocycles. The number of nitrogens with zero attached hydrogens (tertiary/aromatic N) is 5. The molecule has 1 unspecified atom stereocenters. The summed E-state index contributed by atoms with van der Waals surface area (Å²) < 4.78 is 29.5. The second-order valence-electron chi connectivity index (χ2n) is 9.66. The Morgan fingerprint density at radius 3 is 2.66 bits per heavy atom. The van der Waals surface area contributed by atoms with Crippen LogP contribution in [0.4, 0.5) is 25.8 Å². The van der Waals surface area contributed by atoms with Crippen LogP contribution < -0.4 is 16.0 Å². The van der Waals surface area contributed by atoms with Crippen molar-refractivity contribution >= 4 is 51.2 Å². The first kappa shape index (κ1) is 26.9. The maximum atomic E-state index is 13.8. The van der Waals surface area contributed by atoms with Crippen molar-refractivity contribution in [3.05, 3.63) is 105 Å². The Kier molecular flexibility index (Phi) is 7.41. The third-order valence-corrected chi connectivity index (χ3v) is 7.49. The van der Waals surface area contributed by atoms with Gasteiger partial charge in [-0.2, -0.15) is 5.26 Å². The summed E-state index contributed by atoms with van der Waals surface area (Å²) in [5.74, 6) is -0.913. The number of pyridine rings is 1. The van der Waals surface area contributed by atoms with Gasteiger partial charge in [-0.1, -0.05) is 40.5 Å². The predicted molar refractivity (Wildman–Crippen MR) is 155 cm³/mol. The van der Waals surface area contributed by atoms with Crippen LogP contribution in [-0.2, 0) is 0 Å². The molecule has 6 rings (SSSR count). The molecule has 1 saturated heterocycles. The lowest BCUT2D eigenvalue weighted by Gasteiger charge is -2.21. The quantitative estimate of drug-likeness (QED) is 0.192. The van der Waals surface area contributed by atoms with Crippen molar-refractivity contribution in [3.63, 3.8) is 0 Å². The van der Waals surface area contributed by atoms with Crippen LogP contribution in [0.5, 0.6) is 0 Å². The number of nitriles is 1. The summed E-state index contributed by atoms with van der Waals surface area (Å²) in [5, 5.41) is 29.5. The molecule has 0 amide bonds. The average Bonchev–Trinajstić information content (AvgIpc) is 3.67. The van der Waals surface area contributed by atoms with Gasteiger partial charge in [0.15, 0.2) is 0 Å². The van der Waals surface area contributed by atoms with E-state index in [0.717, 1.165) is 25.1 Å². The Morgan fingerprint density at radius 2 is 1.93 bits per heavy atom. The average molecular weight is 591 g/mol. The summed E-state index contributed by atoms with van der Waals surface area (Å²) in [6.45, 7) is 1.71. The van der Waals surface area contributed by atoms with Gasteiger partial charge in [0.25, 0.3) is 0 Å². The van der Waals surface area contributed by atoms with E-state index in [9.17, 15) is 14.0 Å². The Morgan fingerprint density at radius 1 is 1.10 bits per heavy atom. The smallest absolute Gasteiger partial charge is 0.141 e. The van der Waals surface area contributed by atoms with Gasteiger partial charge in [-0.3, -0.25) is 4.98 Å². The Labute approximate surface area is 243 Å². The third-order valence-electron chi connectivity index (χ3n) is 6.98. The summed E-state index contributed by atoms with van der Waals surface area (Å²) in [6, 6.07) is 15.6. The number of nitrogens with one attached hydrogen (secondary N) is 3. The molecular formula is C29H22Cl2F2N8. The lowest BCUT2D eigenvalue weighted by molar-refractivity contribution is 0.476. The van der Waals surface area contributed by atoms with E-state index < -0.39 is 11.9 Å². The van der Waals surface area contributed by atoms with E-state index in [-0.39, 0.29) is 22.4 Å². The zero-order chi connectivity index (χ0) is 28.5. The molecule has 1 aliphatic heterocycles. The Balaban J connectivity index is 1.44. The van der Waals surface area contributed by atoms with Crippen LogP contribution in [0, 0.1) is 23.0 Å². The normalized spacial score (nSPS) is 15.5. The number of anilines is 3. The molecule has 206 valence electrons. The van der Waals surface area contributed by atoms with Crippen molar-refractivity contribution in [1.29, 1.82) is 5.26 Å². The highest BCUT2D eigenvalue weighted by Crippen LogP contribution is 2.38. The fraction of sp³-hybridized carbons (Fsp3) is 0.172.